The number of ether oxygens (including phenoxy) is 1. The quantitative estimate of drug-likeness (QED) is 0.432. The van der Waals surface area contributed by atoms with E-state index in [0.717, 1.165) is 4.90 Å². The monoisotopic (exact) mass is 390 g/mol. The van der Waals surface area contributed by atoms with Crippen LogP contribution in [0, 0.1) is 0 Å². The Morgan fingerprint density at radius 3 is 2.25 bits per heavy atom. The molecule has 0 aromatic heterocycles. The second-order valence-electron chi connectivity index (χ2n) is 6.26. The second-order valence-corrected chi connectivity index (χ2v) is 6.26. The summed E-state index contributed by atoms with van der Waals surface area (Å²) in [6.45, 7) is 2.37. The van der Waals surface area contributed by atoms with Crippen LogP contribution in [-0.2, 0) is 19.1 Å². The fourth-order valence-electron chi connectivity index (χ4n) is 2.78. The van der Waals surface area contributed by atoms with Gasteiger partial charge in [-0.3, -0.25) is 24.1 Å². The molecule has 0 atom stereocenters. The molecular weight excluding hydrogens is 368 g/mol. The van der Waals surface area contributed by atoms with Crippen LogP contribution in [0.25, 0.3) is 0 Å². The number of nitrogens with one attached hydrogen (secondary N) is 2. The summed E-state index contributed by atoms with van der Waals surface area (Å²) in [5.74, 6) is -2.58. The van der Waals surface area contributed by atoms with Crippen LogP contribution in [0.5, 0.6) is 0 Å². The average molecular weight is 390 g/mol. The van der Waals surface area contributed by atoms with Gasteiger partial charge in [-0.05, 0) is 37.1 Å². The molecule has 2 rings (SSSR count). The summed E-state index contributed by atoms with van der Waals surface area (Å²) in [6.07, 6.45) is 0.799. The highest BCUT2D eigenvalue weighted by atomic mass is 16.5. The molecule has 5 amide bonds. The maximum Gasteiger partial charge on any atom is 0.326 e. The molecular formula is C18H22N4O6. The standard InChI is InChI=1S/C18H22N4O6/c1-3-18(4-2)16(26)22(17(27)21-18)9-14(24)28-10-13(23)20-12-7-5-11(6-8-12)15(19)25/h5-8H,3-4,9-10H2,1-2H3,(H2,19,25)(H,20,23)(H,21,27). The minimum Gasteiger partial charge on any atom is -0.454 e. The molecule has 10 heteroatoms. The van der Waals surface area contributed by atoms with Crippen LogP contribution in [0.3, 0.4) is 0 Å². The Morgan fingerprint density at radius 1 is 1.14 bits per heavy atom. The summed E-state index contributed by atoms with van der Waals surface area (Å²) in [7, 11) is 0. The number of nitrogens with two attached hydrogens (primary N) is 1. The lowest BCUT2D eigenvalue weighted by Gasteiger charge is -2.22. The molecule has 28 heavy (non-hydrogen) atoms. The van der Waals surface area contributed by atoms with Crippen LogP contribution in [0.1, 0.15) is 37.0 Å². The first-order valence-electron chi connectivity index (χ1n) is 8.72. The fourth-order valence-corrected chi connectivity index (χ4v) is 2.78. The van der Waals surface area contributed by atoms with Gasteiger partial charge in [0.15, 0.2) is 6.61 Å². The molecule has 1 aromatic rings. The van der Waals surface area contributed by atoms with Gasteiger partial charge in [-0.1, -0.05) is 13.8 Å². The maximum absolute atomic E-state index is 12.4. The number of nitrogens with zero attached hydrogens (tertiary/aromatic N) is 1. The number of amides is 5. The number of hydrogen-bond donors (Lipinski definition) is 3. The Morgan fingerprint density at radius 2 is 1.75 bits per heavy atom. The fraction of sp³-hybridized carbons (Fsp3) is 0.389. The molecule has 1 aliphatic heterocycles. The zero-order chi connectivity index (χ0) is 20.9. The van der Waals surface area contributed by atoms with Gasteiger partial charge in [0.05, 0.1) is 0 Å². The minimum atomic E-state index is -1.01. The highest BCUT2D eigenvalue weighted by molar-refractivity contribution is 6.08. The van der Waals surface area contributed by atoms with Gasteiger partial charge in [-0.15, -0.1) is 0 Å². The van der Waals surface area contributed by atoms with Crippen molar-refractivity contribution in [1.29, 1.82) is 0 Å². The Balaban J connectivity index is 1.85. The molecule has 150 valence electrons. The van der Waals surface area contributed by atoms with Crippen molar-refractivity contribution in [2.24, 2.45) is 5.73 Å². The minimum absolute atomic E-state index is 0.285. The van der Waals surface area contributed by atoms with Gasteiger partial charge in [0.25, 0.3) is 11.8 Å². The van der Waals surface area contributed by atoms with Crippen molar-refractivity contribution < 1.29 is 28.7 Å². The molecule has 1 fully saturated rings. The lowest BCUT2D eigenvalue weighted by atomic mass is 9.93. The van der Waals surface area contributed by atoms with Crippen LogP contribution in [0.15, 0.2) is 24.3 Å². The Hall–Kier alpha value is -3.43. The summed E-state index contributed by atoms with van der Waals surface area (Å²) >= 11 is 0. The summed E-state index contributed by atoms with van der Waals surface area (Å²) in [4.78, 5) is 60.0. The SMILES string of the molecule is CCC1(CC)NC(=O)N(CC(=O)OCC(=O)Nc2ccc(C(N)=O)cc2)C1=O. The first kappa shape index (κ1) is 20.9. The number of hydrogen-bond acceptors (Lipinski definition) is 6. The number of urea groups is 1. The Bertz CT molecular complexity index is 801. The predicted octanol–water partition coefficient (Wildman–Crippen LogP) is 0.378. The summed E-state index contributed by atoms with van der Waals surface area (Å²) in [5, 5.41) is 5.08. The van der Waals surface area contributed by atoms with E-state index in [2.05, 4.69) is 10.6 Å². The van der Waals surface area contributed by atoms with E-state index in [1.54, 1.807) is 13.8 Å². The predicted molar refractivity (Wildman–Crippen MR) is 98.1 cm³/mol. The molecule has 1 aliphatic rings. The Labute approximate surface area is 161 Å². The number of carbonyl (C=O) groups excluding carboxylic acids is 5. The van der Waals surface area contributed by atoms with Gasteiger partial charge < -0.3 is 21.1 Å². The number of esters is 1. The Kier molecular flexibility index (Phi) is 6.34. The van der Waals surface area contributed by atoms with E-state index in [-0.39, 0.29) is 5.56 Å². The van der Waals surface area contributed by atoms with Crippen LogP contribution in [0.4, 0.5) is 10.5 Å². The second kappa shape index (κ2) is 8.51. The zero-order valence-corrected chi connectivity index (χ0v) is 15.6. The number of benzene rings is 1. The van der Waals surface area contributed by atoms with E-state index >= 15 is 0 Å². The molecule has 0 bridgehead atoms. The lowest BCUT2D eigenvalue weighted by Crippen LogP contribution is -2.46. The summed E-state index contributed by atoms with van der Waals surface area (Å²) in [5.41, 5.74) is 4.79. The molecule has 4 N–H and O–H groups in total. The van der Waals surface area contributed by atoms with E-state index in [1.165, 1.54) is 24.3 Å². The third-order valence-corrected chi connectivity index (χ3v) is 4.56. The van der Waals surface area contributed by atoms with Gasteiger partial charge in [-0.2, -0.15) is 0 Å². The zero-order valence-electron chi connectivity index (χ0n) is 15.6. The number of primary amides is 1. The topological polar surface area (TPSA) is 148 Å². The maximum atomic E-state index is 12.4. The van der Waals surface area contributed by atoms with Crippen LogP contribution < -0.4 is 16.4 Å². The van der Waals surface area contributed by atoms with Crippen LogP contribution in [-0.4, -0.2) is 53.3 Å². The van der Waals surface area contributed by atoms with E-state index in [1.807, 2.05) is 0 Å². The van der Waals surface area contributed by atoms with Gasteiger partial charge in [0.1, 0.15) is 12.1 Å². The lowest BCUT2D eigenvalue weighted by molar-refractivity contribution is -0.150. The third kappa shape index (κ3) is 4.45. The molecule has 0 spiro atoms. The van der Waals surface area contributed by atoms with Crippen molar-refractivity contribution in [1.82, 2.24) is 10.2 Å². The molecule has 10 nitrogen and oxygen atoms in total. The average Bonchev–Trinajstić information content (AvgIpc) is 2.91. The van der Waals surface area contributed by atoms with Crippen LogP contribution in [0.2, 0.25) is 0 Å². The highest BCUT2D eigenvalue weighted by Crippen LogP contribution is 2.24. The molecule has 0 aliphatic carbocycles. The van der Waals surface area contributed by atoms with Gasteiger partial charge in [-0.25, -0.2) is 4.79 Å². The normalized spacial score (nSPS) is 15.1. The number of rotatable bonds is 8. The van der Waals surface area contributed by atoms with Crippen molar-refractivity contribution in [3.05, 3.63) is 29.8 Å². The van der Waals surface area contributed by atoms with Crippen LogP contribution >= 0.6 is 0 Å². The van der Waals surface area contributed by atoms with Gasteiger partial charge in [0, 0.05) is 11.3 Å². The van der Waals surface area contributed by atoms with Crippen molar-refractivity contribution in [3.63, 3.8) is 0 Å². The molecule has 0 radical (unpaired) electrons. The molecule has 1 saturated heterocycles. The van der Waals surface area contributed by atoms with Crippen molar-refractivity contribution in [3.8, 4) is 0 Å². The molecule has 1 aromatic carbocycles. The molecule has 0 saturated carbocycles. The highest BCUT2D eigenvalue weighted by Gasteiger charge is 2.49. The summed E-state index contributed by atoms with van der Waals surface area (Å²) in [6, 6.07) is 5.17. The van der Waals surface area contributed by atoms with E-state index in [9.17, 15) is 24.0 Å². The largest absolute Gasteiger partial charge is 0.454 e. The molecule has 1 heterocycles. The number of anilines is 1. The third-order valence-electron chi connectivity index (χ3n) is 4.56. The first-order chi connectivity index (χ1) is 13.2. The van der Waals surface area contributed by atoms with E-state index in [0.29, 0.717) is 18.5 Å². The smallest absolute Gasteiger partial charge is 0.326 e. The first-order valence-corrected chi connectivity index (χ1v) is 8.72. The van der Waals surface area contributed by atoms with Crippen molar-refractivity contribution in [2.45, 2.75) is 32.2 Å². The van der Waals surface area contributed by atoms with Crippen molar-refractivity contribution >= 4 is 35.4 Å². The number of carbonyl (C=O) groups is 5. The number of imide groups is 1. The van der Waals surface area contributed by atoms with E-state index < -0.39 is 48.4 Å². The van der Waals surface area contributed by atoms with Gasteiger partial charge in [0.2, 0.25) is 5.91 Å². The van der Waals surface area contributed by atoms with Crippen molar-refractivity contribution in [2.75, 3.05) is 18.5 Å². The molecule has 0 unspecified atom stereocenters. The summed E-state index contributed by atoms with van der Waals surface area (Å²) < 4.78 is 4.83. The van der Waals surface area contributed by atoms with Gasteiger partial charge >= 0.3 is 12.0 Å². The van der Waals surface area contributed by atoms with E-state index in [4.69, 9.17) is 10.5 Å².